The van der Waals surface area contributed by atoms with Crippen molar-refractivity contribution in [2.75, 3.05) is 32.2 Å². The second kappa shape index (κ2) is 9.77. The number of carbonyl (C=O) groups excluding carboxylic acids is 2. The normalized spacial score (nSPS) is 10.0. The second-order valence-electron chi connectivity index (χ2n) is 4.32. The highest BCUT2D eigenvalue weighted by Gasteiger charge is 2.08. The zero-order valence-corrected chi connectivity index (χ0v) is 12.4. The van der Waals surface area contributed by atoms with Gasteiger partial charge in [0.1, 0.15) is 6.61 Å². The fourth-order valence-electron chi connectivity index (χ4n) is 1.45. The molecular weight excluding hydrogens is 274 g/mol. The number of anilines is 1. The first-order valence-electron chi connectivity index (χ1n) is 6.87. The second-order valence-corrected chi connectivity index (χ2v) is 4.32. The van der Waals surface area contributed by atoms with E-state index in [0.29, 0.717) is 24.5 Å². The van der Waals surface area contributed by atoms with Crippen LogP contribution in [0.5, 0.6) is 0 Å². The van der Waals surface area contributed by atoms with Gasteiger partial charge in [0, 0.05) is 12.8 Å². The van der Waals surface area contributed by atoms with Crippen LogP contribution in [0.1, 0.15) is 30.1 Å². The number of hydrogen-bond donors (Lipinski definition) is 1. The molecule has 0 atom stereocenters. The molecule has 1 rings (SSSR count). The molecule has 1 N–H and O–H groups in total. The number of nitrogens with one attached hydrogen (secondary N) is 1. The van der Waals surface area contributed by atoms with Crippen molar-refractivity contribution >= 4 is 17.7 Å². The van der Waals surface area contributed by atoms with Gasteiger partial charge in [0.25, 0.3) is 0 Å². The molecule has 1 aromatic carbocycles. The van der Waals surface area contributed by atoms with E-state index in [1.807, 2.05) is 6.92 Å². The Labute approximate surface area is 124 Å². The summed E-state index contributed by atoms with van der Waals surface area (Å²) in [5, 5.41) is 2.59. The zero-order chi connectivity index (χ0) is 15.5. The molecule has 116 valence electrons. The number of ether oxygens (including phenoxy) is 3. The summed E-state index contributed by atoms with van der Waals surface area (Å²) in [5.74, 6) is -0.427. The maximum absolute atomic E-state index is 11.6. The summed E-state index contributed by atoms with van der Waals surface area (Å²) in [7, 11) is 1.54. The SMILES string of the molecule is CCCCOC(=O)Nc1ccc(C(=O)OCCOC)cc1. The van der Waals surface area contributed by atoms with Gasteiger partial charge in [0.05, 0.1) is 18.8 Å². The van der Waals surface area contributed by atoms with E-state index in [2.05, 4.69) is 5.32 Å². The van der Waals surface area contributed by atoms with Crippen LogP contribution in [-0.4, -0.2) is 39.0 Å². The summed E-state index contributed by atoms with van der Waals surface area (Å²) in [4.78, 5) is 23.1. The van der Waals surface area contributed by atoms with Gasteiger partial charge in [-0.3, -0.25) is 5.32 Å². The fraction of sp³-hybridized carbons (Fsp3) is 0.467. The maximum Gasteiger partial charge on any atom is 0.411 e. The van der Waals surface area contributed by atoms with Gasteiger partial charge in [0.15, 0.2) is 0 Å². The van der Waals surface area contributed by atoms with Crippen molar-refractivity contribution in [2.45, 2.75) is 19.8 Å². The lowest BCUT2D eigenvalue weighted by molar-refractivity contribution is 0.0388. The number of hydrogen-bond acceptors (Lipinski definition) is 5. The van der Waals surface area contributed by atoms with Crippen LogP contribution in [-0.2, 0) is 14.2 Å². The van der Waals surface area contributed by atoms with Gasteiger partial charge in [0.2, 0.25) is 0 Å². The summed E-state index contributed by atoms with van der Waals surface area (Å²) in [6.45, 7) is 2.98. The Balaban J connectivity index is 2.42. The Bertz CT molecular complexity index is 444. The van der Waals surface area contributed by atoms with Crippen LogP contribution in [0.25, 0.3) is 0 Å². The molecule has 0 aliphatic rings. The Kier molecular flexibility index (Phi) is 7.89. The number of rotatable bonds is 8. The van der Waals surface area contributed by atoms with Crippen LogP contribution >= 0.6 is 0 Å². The molecule has 0 saturated carbocycles. The average molecular weight is 295 g/mol. The van der Waals surface area contributed by atoms with Crippen LogP contribution in [0.2, 0.25) is 0 Å². The number of benzene rings is 1. The molecule has 0 aliphatic heterocycles. The zero-order valence-electron chi connectivity index (χ0n) is 12.4. The predicted molar refractivity (Wildman–Crippen MR) is 78.5 cm³/mol. The van der Waals surface area contributed by atoms with Crippen molar-refractivity contribution < 1.29 is 23.8 Å². The van der Waals surface area contributed by atoms with Crippen LogP contribution in [0.15, 0.2) is 24.3 Å². The van der Waals surface area contributed by atoms with Gasteiger partial charge in [-0.05, 0) is 30.7 Å². The maximum atomic E-state index is 11.6. The topological polar surface area (TPSA) is 73.9 Å². The molecule has 0 bridgehead atoms. The van der Waals surface area contributed by atoms with Crippen LogP contribution in [0.3, 0.4) is 0 Å². The van der Waals surface area contributed by atoms with E-state index in [1.54, 1.807) is 24.3 Å². The lowest BCUT2D eigenvalue weighted by Gasteiger charge is -2.07. The van der Waals surface area contributed by atoms with Gasteiger partial charge >= 0.3 is 12.1 Å². The smallest absolute Gasteiger partial charge is 0.411 e. The molecule has 6 heteroatoms. The van der Waals surface area contributed by atoms with E-state index in [-0.39, 0.29) is 6.61 Å². The minimum Gasteiger partial charge on any atom is -0.460 e. The minimum absolute atomic E-state index is 0.207. The number of esters is 1. The highest BCUT2D eigenvalue weighted by Crippen LogP contribution is 2.11. The van der Waals surface area contributed by atoms with E-state index in [0.717, 1.165) is 12.8 Å². The molecule has 1 amide bonds. The standard InChI is InChI=1S/C15H21NO5/c1-3-4-9-21-15(18)16-13-7-5-12(6-8-13)14(17)20-11-10-19-2/h5-8H,3-4,9-11H2,1-2H3,(H,16,18). The van der Waals surface area contributed by atoms with E-state index < -0.39 is 12.1 Å². The van der Waals surface area contributed by atoms with Gasteiger partial charge in [-0.25, -0.2) is 9.59 Å². The summed E-state index contributed by atoms with van der Waals surface area (Å²) in [5.41, 5.74) is 0.973. The number of unbranched alkanes of at least 4 members (excludes halogenated alkanes) is 1. The van der Waals surface area contributed by atoms with Crippen LogP contribution < -0.4 is 5.32 Å². The van der Waals surface area contributed by atoms with Gasteiger partial charge in [-0.1, -0.05) is 13.3 Å². The Morgan fingerprint density at radius 2 is 1.76 bits per heavy atom. The van der Waals surface area contributed by atoms with Crippen molar-refractivity contribution in [3.8, 4) is 0 Å². The molecule has 21 heavy (non-hydrogen) atoms. The third-order valence-corrected chi connectivity index (χ3v) is 2.62. The molecule has 0 spiro atoms. The first-order valence-corrected chi connectivity index (χ1v) is 6.87. The van der Waals surface area contributed by atoms with Gasteiger partial charge in [-0.2, -0.15) is 0 Å². The third-order valence-electron chi connectivity index (χ3n) is 2.62. The minimum atomic E-state index is -0.501. The largest absolute Gasteiger partial charge is 0.460 e. The number of methoxy groups -OCH3 is 1. The predicted octanol–water partition coefficient (Wildman–Crippen LogP) is 2.84. The first kappa shape index (κ1) is 17.0. The molecule has 0 fully saturated rings. The first-order chi connectivity index (χ1) is 10.2. The Morgan fingerprint density at radius 1 is 1.05 bits per heavy atom. The van der Waals surface area contributed by atoms with E-state index in [1.165, 1.54) is 7.11 Å². The summed E-state index contributed by atoms with van der Waals surface area (Å²) in [6.07, 6.45) is 1.30. The van der Waals surface area contributed by atoms with Crippen LogP contribution in [0, 0.1) is 0 Å². The third kappa shape index (κ3) is 6.76. The molecule has 1 aromatic rings. The van der Waals surface area contributed by atoms with E-state index in [4.69, 9.17) is 14.2 Å². The fourth-order valence-corrected chi connectivity index (χ4v) is 1.45. The molecule has 0 heterocycles. The van der Waals surface area contributed by atoms with Crippen molar-refractivity contribution in [1.29, 1.82) is 0 Å². The van der Waals surface area contributed by atoms with Crippen LogP contribution in [0.4, 0.5) is 10.5 Å². The van der Waals surface area contributed by atoms with Crippen molar-refractivity contribution in [3.63, 3.8) is 0 Å². The molecule has 0 saturated heterocycles. The Morgan fingerprint density at radius 3 is 2.38 bits per heavy atom. The van der Waals surface area contributed by atoms with Gasteiger partial charge in [-0.15, -0.1) is 0 Å². The molecule has 0 aromatic heterocycles. The van der Waals surface area contributed by atoms with Gasteiger partial charge < -0.3 is 14.2 Å². The summed E-state index contributed by atoms with van der Waals surface area (Å²) < 4.78 is 14.7. The Hall–Kier alpha value is -2.08. The van der Waals surface area contributed by atoms with Crippen molar-refractivity contribution in [1.82, 2.24) is 0 Å². The monoisotopic (exact) mass is 295 g/mol. The van der Waals surface area contributed by atoms with E-state index in [9.17, 15) is 9.59 Å². The quantitative estimate of drug-likeness (QED) is 0.589. The molecule has 0 unspecified atom stereocenters. The molecule has 6 nitrogen and oxygen atoms in total. The lowest BCUT2D eigenvalue weighted by atomic mass is 10.2. The molecular formula is C15H21NO5. The highest BCUT2D eigenvalue weighted by molar-refractivity contribution is 5.91. The van der Waals surface area contributed by atoms with Crippen molar-refractivity contribution in [3.05, 3.63) is 29.8 Å². The average Bonchev–Trinajstić information content (AvgIpc) is 2.48. The highest BCUT2D eigenvalue weighted by atomic mass is 16.6. The molecule has 0 aliphatic carbocycles. The van der Waals surface area contributed by atoms with E-state index >= 15 is 0 Å². The summed E-state index contributed by atoms with van der Waals surface area (Å²) in [6, 6.07) is 6.40. The molecule has 0 radical (unpaired) electrons. The van der Waals surface area contributed by atoms with Crippen molar-refractivity contribution in [2.24, 2.45) is 0 Å². The number of amides is 1. The number of carbonyl (C=O) groups is 2. The lowest BCUT2D eigenvalue weighted by Crippen LogP contribution is -2.14. The summed E-state index contributed by atoms with van der Waals surface area (Å²) >= 11 is 0.